The summed E-state index contributed by atoms with van der Waals surface area (Å²) in [6.07, 6.45) is 2.25. The van der Waals surface area contributed by atoms with Crippen molar-refractivity contribution in [2.75, 3.05) is 45.5 Å². The maximum Gasteiger partial charge on any atom is 0.309 e. The van der Waals surface area contributed by atoms with Crippen LogP contribution in [-0.2, 0) is 27.2 Å². The van der Waals surface area contributed by atoms with Crippen molar-refractivity contribution in [3.63, 3.8) is 0 Å². The highest BCUT2D eigenvalue weighted by Crippen LogP contribution is 2.48. The maximum absolute atomic E-state index is 15.0. The number of fused-ring (bicyclic) bond motifs is 1. The van der Waals surface area contributed by atoms with Crippen LogP contribution >= 0.6 is 0 Å². The Hall–Kier alpha value is -4.15. The largest absolute Gasteiger partial charge is 0.494 e. The van der Waals surface area contributed by atoms with E-state index in [1.54, 1.807) is 25.3 Å². The molecule has 0 aliphatic carbocycles. The van der Waals surface area contributed by atoms with Crippen LogP contribution in [-0.4, -0.2) is 62.1 Å². The van der Waals surface area contributed by atoms with Gasteiger partial charge in [0.15, 0.2) is 11.6 Å². The first-order valence-corrected chi connectivity index (χ1v) is 15.0. The van der Waals surface area contributed by atoms with E-state index in [4.69, 9.17) is 18.9 Å². The predicted molar refractivity (Wildman–Crippen MR) is 163 cm³/mol. The second kappa shape index (κ2) is 14.1. The molecule has 0 spiro atoms. The number of nitrogens with zero attached hydrogens (tertiary/aromatic N) is 1. The summed E-state index contributed by atoms with van der Waals surface area (Å²) in [4.78, 5) is 28.4. The molecule has 0 radical (unpaired) electrons. The van der Waals surface area contributed by atoms with Gasteiger partial charge in [-0.1, -0.05) is 44.2 Å². The number of para-hydroxylation sites is 1. The van der Waals surface area contributed by atoms with Crippen LogP contribution in [0.2, 0.25) is 0 Å². The molecule has 234 valence electrons. The van der Waals surface area contributed by atoms with Crippen LogP contribution in [0.4, 0.5) is 10.1 Å². The summed E-state index contributed by atoms with van der Waals surface area (Å²) >= 11 is 0. The van der Waals surface area contributed by atoms with Gasteiger partial charge >= 0.3 is 5.97 Å². The van der Waals surface area contributed by atoms with E-state index in [1.807, 2.05) is 49.1 Å². The average Bonchev–Trinajstić information content (AvgIpc) is 3.65. The quantitative estimate of drug-likeness (QED) is 0.243. The first-order valence-electron chi connectivity index (χ1n) is 15.0. The number of carboxylic acid groups (broad SMARTS) is 1. The minimum atomic E-state index is -1.04. The molecule has 10 heteroatoms. The number of carbonyl (C=O) groups excluding carboxylic acids is 1. The van der Waals surface area contributed by atoms with Crippen molar-refractivity contribution in [1.29, 1.82) is 0 Å². The number of ether oxygens (including phenoxy) is 4. The molecule has 2 aliphatic rings. The topological polar surface area (TPSA) is 107 Å². The second-order valence-electron chi connectivity index (χ2n) is 11.1. The fraction of sp³-hybridized carbons (Fsp3) is 0.412. The number of aryl methyl sites for hydroxylation is 2. The summed E-state index contributed by atoms with van der Waals surface area (Å²) in [6, 6.07) is 15.6. The number of anilines is 1. The number of carboxylic acids is 1. The highest BCUT2D eigenvalue weighted by molar-refractivity contribution is 5.94. The highest BCUT2D eigenvalue weighted by atomic mass is 19.1. The molecular formula is C34H39FN2O7. The summed E-state index contributed by atoms with van der Waals surface area (Å²) in [5.41, 5.74) is 4.08. The number of rotatable bonds is 13. The van der Waals surface area contributed by atoms with Gasteiger partial charge in [0.1, 0.15) is 5.75 Å². The predicted octanol–water partition coefficient (Wildman–Crippen LogP) is 5.57. The van der Waals surface area contributed by atoms with Crippen molar-refractivity contribution in [1.82, 2.24) is 4.90 Å². The molecule has 5 rings (SSSR count). The summed E-state index contributed by atoms with van der Waals surface area (Å²) in [6.45, 7) is 5.22. The fourth-order valence-electron chi connectivity index (χ4n) is 6.25. The van der Waals surface area contributed by atoms with E-state index in [-0.39, 0.29) is 37.3 Å². The van der Waals surface area contributed by atoms with Crippen LogP contribution in [0.5, 0.6) is 17.2 Å². The molecule has 3 aromatic rings. The summed E-state index contributed by atoms with van der Waals surface area (Å²) in [5, 5.41) is 13.7. The number of carbonyl (C=O) groups is 2. The molecule has 3 atom stereocenters. The van der Waals surface area contributed by atoms with Gasteiger partial charge in [-0.2, -0.15) is 0 Å². The van der Waals surface area contributed by atoms with Crippen molar-refractivity contribution in [2.45, 2.75) is 45.1 Å². The molecule has 2 heterocycles. The lowest BCUT2D eigenvalue weighted by atomic mass is 9.82. The van der Waals surface area contributed by atoms with Crippen molar-refractivity contribution in [3.05, 3.63) is 82.7 Å². The molecule has 0 bridgehead atoms. The molecule has 1 unspecified atom stereocenters. The molecule has 2 N–H and O–H groups in total. The van der Waals surface area contributed by atoms with E-state index in [9.17, 15) is 19.1 Å². The molecular weight excluding hydrogens is 567 g/mol. The average molecular weight is 607 g/mol. The second-order valence-corrected chi connectivity index (χ2v) is 11.1. The minimum absolute atomic E-state index is 0.0220. The Morgan fingerprint density at radius 1 is 1.02 bits per heavy atom. The van der Waals surface area contributed by atoms with Crippen molar-refractivity contribution in [3.8, 4) is 17.2 Å². The van der Waals surface area contributed by atoms with E-state index in [2.05, 4.69) is 5.32 Å². The highest BCUT2D eigenvalue weighted by Gasteiger charge is 2.48. The standard InChI is InChI=1S/C34H39FN2O7/c1-4-21-8-6-9-22(5-2)31(21)36-29(38)19-37-18-26(24-16-27(35)33-28(17-24)43-20-44-33)30(34(39)40)32(37)23-10-12-25(13-11-23)42-15-7-14-41-3/h6,8-13,16-17,26,30,32H,4-5,7,14-15,18-20H2,1-3H3,(H,36,38)(H,39,40)/t26-,30?,32+/m1/s1. The van der Waals surface area contributed by atoms with Gasteiger partial charge in [-0.05, 0) is 59.4 Å². The Labute approximate surface area is 256 Å². The third-order valence-electron chi connectivity index (χ3n) is 8.35. The number of likely N-dealkylation sites (tertiary alicyclic amines) is 1. The number of methoxy groups -OCH3 is 1. The van der Waals surface area contributed by atoms with Crippen LogP contribution in [0.15, 0.2) is 54.6 Å². The third kappa shape index (κ3) is 6.66. The number of halogens is 1. The Bertz CT molecular complexity index is 1460. The number of benzene rings is 3. The molecule has 1 amide bonds. The number of aliphatic carboxylic acids is 1. The van der Waals surface area contributed by atoms with Gasteiger partial charge in [-0.25, -0.2) is 4.39 Å². The number of nitrogens with one attached hydrogen (secondary N) is 1. The lowest BCUT2D eigenvalue weighted by Crippen LogP contribution is -2.35. The Morgan fingerprint density at radius 2 is 1.75 bits per heavy atom. The Kier molecular flexibility index (Phi) is 10.0. The van der Waals surface area contributed by atoms with E-state index in [1.165, 1.54) is 6.07 Å². The Morgan fingerprint density at radius 3 is 2.41 bits per heavy atom. The fourth-order valence-corrected chi connectivity index (χ4v) is 6.25. The third-order valence-corrected chi connectivity index (χ3v) is 8.35. The number of amides is 1. The van der Waals surface area contributed by atoms with E-state index in [0.29, 0.717) is 24.5 Å². The number of hydrogen-bond acceptors (Lipinski definition) is 7. The molecule has 44 heavy (non-hydrogen) atoms. The van der Waals surface area contributed by atoms with Crippen LogP contribution in [0, 0.1) is 11.7 Å². The van der Waals surface area contributed by atoms with Crippen LogP contribution < -0.4 is 19.5 Å². The Balaban J connectivity index is 1.46. The van der Waals surface area contributed by atoms with Crippen LogP contribution in [0.1, 0.15) is 54.5 Å². The first-order chi connectivity index (χ1) is 21.3. The van der Waals surface area contributed by atoms with E-state index >= 15 is 0 Å². The molecule has 2 aliphatic heterocycles. The van der Waals surface area contributed by atoms with Gasteiger partial charge in [-0.3, -0.25) is 14.5 Å². The summed E-state index contributed by atoms with van der Waals surface area (Å²) in [7, 11) is 1.64. The van der Waals surface area contributed by atoms with Gasteiger partial charge in [0.25, 0.3) is 0 Å². The van der Waals surface area contributed by atoms with Gasteiger partial charge in [-0.15, -0.1) is 0 Å². The lowest BCUT2D eigenvalue weighted by Gasteiger charge is -2.27. The zero-order valence-electron chi connectivity index (χ0n) is 25.3. The van der Waals surface area contributed by atoms with E-state index < -0.39 is 29.7 Å². The maximum atomic E-state index is 15.0. The molecule has 0 saturated carbocycles. The van der Waals surface area contributed by atoms with Crippen molar-refractivity contribution in [2.24, 2.45) is 5.92 Å². The molecule has 9 nitrogen and oxygen atoms in total. The van der Waals surface area contributed by atoms with E-state index in [0.717, 1.165) is 41.6 Å². The lowest BCUT2D eigenvalue weighted by molar-refractivity contribution is -0.143. The van der Waals surface area contributed by atoms with Crippen LogP contribution in [0.25, 0.3) is 0 Å². The van der Waals surface area contributed by atoms with Gasteiger partial charge < -0.3 is 29.4 Å². The summed E-state index contributed by atoms with van der Waals surface area (Å²) in [5.74, 6) is -2.56. The van der Waals surface area contributed by atoms with Gasteiger partial charge in [0.05, 0.1) is 19.1 Å². The van der Waals surface area contributed by atoms with Gasteiger partial charge in [0.2, 0.25) is 18.4 Å². The zero-order valence-corrected chi connectivity index (χ0v) is 25.3. The smallest absolute Gasteiger partial charge is 0.309 e. The number of hydrogen-bond donors (Lipinski definition) is 2. The normalized spacial score (nSPS) is 19.2. The molecule has 1 fully saturated rings. The minimum Gasteiger partial charge on any atom is -0.494 e. The van der Waals surface area contributed by atoms with Gasteiger partial charge in [0, 0.05) is 44.3 Å². The monoisotopic (exact) mass is 606 g/mol. The zero-order chi connectivity index (χ0) is 31.2. The van der Waals surface area contributed by atoms with Crippen molar-refractivity contribution >= 4 is 17.6 Å². The molecule has 0 aromatic heterocycles. The first kappa shape index (κ1) is 31.3. The van der Waals surface area contributed by atoms with Crippen LogP contribution in [0.3, 0.4) is 0 Å². The molecule has 1 saturated heterocycles. The summed E-state index contributed by atoms with van der Waals surface area (Å²) < 4.78 is 36.5. The SMILES string of the molecule is CCc1cccc(CC)c1NC(=O)CN1C[C@H](c2cc(F)c3c(c2)OCO3)C(C(=O)O)[C@@H]1c1ccc(OCCCOC)cc1. The van der Waals surface area contributed by atoms with Crippen molar-refractivity contribution < 1.29 is 38.0 Å². The molecule has 3 aromatic carbocycles.